The Morgan fingerprint density at radius 2 is 1.51 bits per heavy atom. The van der Waals surface area contributed by atoms with Gasteiger partial charge in [0.05, 0.1) is 28.6 Å². The first-order valence-corrected chi connectivity index (χ1v) is 21.8. The van der Waals surface area contributed by atoms with Crippen LogP contribution in [-0.2, 0) is 24.2 Å². The van der Waals surface area contributed by atoms with Gasteiger partial charge in [0.2, 0.25) is 11.8 Å². The van der Waals surface area contributed by atoms with Crippen LogP contribution in [0.5, 0.6) is 0 Å². The number of carbonyl (C=O) groups is 4. The third-order valence-electron chi connectivity index (χ3n) is 13.0. The van der Waals surface area contributed by atoms with E-state index in [4.69, 9.17) is 0 Å². The normalized spacial score (nSPS) is 27.6. The molecule has 1 heterocycles. The molecule has 0 bridgehead atoms. The van der Waals surface area contributed by atoms with E-state index in [9.17, 15) is 27.6 Å². The molecule has 0 aromatic carbocycles. The van der Waals surface area contributed by atoms with Crippen LogP contribution in [-0.4, -0.2) is 90.2 Å². The Hall–Kier alpha value is -2.21. The fourth-order valence-electron chi connectivity index (χ4n) is 9.46. The number of rotatable bonds is 14. The zero-order valence-corrected chi connectivity index (χ0v) is 33.1. The summed E-state index contributed by atoms with van der Waals surface area (Å²) in [7, 11) is -3.53. The van der Waals surface area contributed by atoms with Crippen LogP contribution in [0.1, 0.15) is 144 Å². The van der Waals surface area contributed by atoms with Gasteiger partial charge in [0.25, 0.3) is 0 Å². The second-order valence-corrected chi connectivity index (χ2v) is 21.1. The fourth-order valence-corrected chi connectivity index (χ4v) is 11.0. The van der Waals surface area contributed by atoms with Crippen LogP contribution in [0.4, 0.5) is 4.79 Å². The van der Waals surface area contributed by atoms with Crippen molar-refractivity contribution in [3.8, 4) is 0 Å². The number of urea groups is 1. The Labute approximate surface area is 307 Å². The number of nitrogens with zero attached hydrogens (tertiary/aromatic N) is 1. The van der Waals surface area contributed by atoms with Crippen molar-refractivity contribution in [1.29, 1.82) is 0 Å². The summed E-state index contributed by atoms with van der Waals surface area (Å²) in [5.74, 6) is -0.664. The molecule has 0 radical (unpaired) electrons. The summed E-state index contributed by atoms with van der Waals surface area (Å²) in [6.07, 6.45) is 13.6. The van der Waals surface area contributed by atoms with Crippen LogP contribution < -0.4 is 21.3 Å². The average Bonchev–Trinajstić information content (AvgIpc) is 3.74. The number of likely N-dealkylation sites (tertiary alicyclic amines) is 1. The topological polar surface area (TPSA) is 154 Å². The van der Waals surface area contributed by atoms with Gasteiger partial charge >= 0.3 is 6.03 Å². The average molecular weight is 734 g/mol. The molecule has 0 aromatic rings. The molecule has 5 rings (SSSR count). The summed E-state index contributed by atoms with van der Waals surface area (Å²) >= 11 is 0. The molecule has 0 spiro atoms. The molecule has 290 valence electrons. The lowest BCUT2D eigenvalue weighted by Gasteiger charge is -2.41. The van der Waals surface area contributed by atoms with E-state index >= 15 is 0 Å². The van der Waals surface area contributed by atoms with Gasteiger partial charge in [-0.1, -0.05) is 65.7 Å². The van der Waals surface area contributed by atoms with E-state index in [2.05, 4.69) is 35.1 Å². The van der Waals surface area contributed by atoms with Gasteiger partial charge in [0.1, 0.15) is 12.1 Å². The molecule has 4 saturated carbocycles. The molecule has 12 heteroatoms. The van der Waals surface area contributed by atoms with E-state index in [0.717, 1.165) is 83.5 Å². The monoisotopic (exact) mass is 733 g/mol. The summed E-state index contributed by atoms with van der Waals surface area (Å²) in [5.41, 5.74) is -0.955. The molecular formula is C39H67N5O6S. The summed E-state index contributed by atoms with van der Waals surface area (Å²) in [4.78, 5) is 58.3. The minimum Gasteiger partial charge on any atom is -0.344 e. The zero-order chi connectivity index (χ0) is 37.2. The lowest BCUT2D eigenvalue weighted by molar-refractivity contribution is -0.142. The number of sulfone groups is 1. The maximum absolute atomic E-state index is 14.9. The minimum atomic E-state index is -3.53. The number of fused-ring (bicyclic) bond motifs is 1. The van der Waals surface area contributed by atoms with Crippen molar-refractivity contribution in [2.75, 3.05) is 18.8 Å². The van der Waals surface area contributed by atoms with E-state index in [1.54, 1.807) is 25.7 Å². The van der Waals surface area contributed by atoms with Gasteiger partial charge in [-0.25, -0.2) is 13.2 Å². The van der Waals surface area contributed by atoms with Gasteiger partial charge < -0.3 is 26.2 Å². The maximum atomic E-state index is 14.9. The van der Waals surface area contributed by atoms with Crippen LogP contribution in [0.25, 0.3) is 0 Å². The lowest BCUT2D eigenvalue weighted by Crippen LogP contribution is -2.63. The van der Waals surface area contributed by atoms with Gasteiger partial charge in [-0.2, -0.15) is 0 Å². The molecule has 0 aromatic heterocycles. The van der Waals surface area contributed by atoms with E-state index in [0.29, 0.717) is 31.8 Å². The number of ketones is 1. The molecule has 4 amide bonds. The van der Waals surface area contributed by atoms with E-state index in [1.807, 2.05) is 6.92 Å². The Bertz CT molecular complexity index is 1380. The largest absolute Gasteiger partial charge is 0.344 e. The van der Waals surface area contributed by atoms with Crippen LogP contribution >= 0.6 is 0 Å². The molecule has 51 heavy (non-hydrogen) atoms. The van der Waals surface area contributed by atoms with Crippen molar-refractivity contribution in [1.82, 2.24) is 26.2 Å². The quantitative estimate of drug-likeness (QED) is 0.196. The summed E-state index contributed by atoms with van der Waals surface area (Å²) in [5, 5.41) is 12.6. The molecule has 11 nitrogen and oxygen atoms in total. The van der Waals surface area contributed by atoms with Crippen molar-refractivity contribution in [3.63, 3.8) is 0 Å². The molecule has 5 fully saturated rings. The number of carbonyl (C=O) groups excluding carboxylic acids is 4. The fraction of sp³-hybridized carbons (Fsp3) is 0.897. The Balaban J connectivity index is 1.39. The number of nitrogens with one attached hydrogen (secondary N) is 4. The Morgan fingerprint density at radius 1 is 0.863 bits per heavy atom. The molecule has 5 atom stereocenters. The highest BCUT2D eigenvalue weighted by Gasteiger charge is 2.57. The number of Topliss-reactive ketones (excluding diaryl/α,β-unsaturated/α-hetero) is 1. The predicted molar refractivity (Wildman–Crippen MR) is 200 cm³/mol. The highest BCUT2D eigenvalue weighted by molar-refractivity contribution is 7.92. The summed E-state index contributed by atoms with van der Waals surface area (Å²) in [6.45, 7) is 12.2. The first kappa shape index (κ1) is 40.0. The second kappa shape index (κ2) is 16.0. The number of hydrogen-bond acceptors (Lipinski definition) is 7. The smallest absolute Gasteiger partial charge is 0.315 e. The van der Waals surface area contributed by atoms with Crippen molar-refractivity contribution in [2.45, 2.75) is 179 Å². The SMILES string of the molecule is CCCC(NC(=O)[C@@H]1[C@H]2CCC(C)(C)[C@H]2CN1C(=O)[C@@H](NC(=O)NC1(CS(=O)(=O)C(C)(C)C)CCCCC1)C1CCCCC1)C(=O)CNC1CC1. The zero-order valence-electron chi connectivity index (χ0n) is 32.3. The highest BCUT2D eigenvalue weighted by atomic mass is 32.2. The van der Waals surface area contributed by atoms with E-state index < -0.39 is 44.3 Å². The summed E-state index contributed by atoms with van der Waals surface area (Å²) < 4.78 is 25.9. The third-order valence-corrected chi connectivity index (χ3v) is 15.8. The Kier molecular flexibility index (Phi) is 12.6. The second-order valence-electron chi connectivity index (χ2n) is 18.4. The van der Waals surface area contributed by atoms with Crippen LogP contribution in [0.15, 0.2) is 0 Å². The lowest BCUT2D eigenvalue weighted by atomic mass is 9.79. The van der Waals surface area contributed by atoms with Gasteiger partial charge in [0.15, 0.2) is 15.6 Å². The minimum absolute atomic E-state index is 0.0279. The van der Waals surface area contributed by atoms with Crippen molar-refractivity contribution in [3.05, 3.63) is 0 Å². The van der Waals surface area contributed by atoms with Crippen LogP contribution in [0.2, 0.25) is 0 Å². The first-order chi connectivity index (χ1) is 24.0. The molecule has 4 N–H and O–H groups in total. The van der Waals surface area contributed by atoms with Crippen LogP contribution in [0, 0.1) is 23.2 Å². The van der Waals surface area contributed by atoms with Gasteiger partial charge in [0, 0.05) is 12.6 Å². The van der Waals surface area contributed by atoms with Crippen molar-refractivity contribution >= 4 is 33.5 Å². The molecule has 1 aliphatic heterocycles. The number of amides is 4. The molecular weight excluding hydrogens is 667 g/mol. The number of hydrogen-bond donors (Lipinski definition) is 4. The van der Waals surface area contributed by atoms with Gasteiger partial charge in [-0.15, -0.1) is 0 Å². The molecule has 5 aliphatic rings. The predicted octanol–water partition coefficient (Wildman–Crippen LogP) is 5.02. The maximum Gasteiger partial charge on any atom is 0.315 e. The standard InChI is InChI=1S/C39H67N5O6S/c1-7-14-30(31(45)23-40-27-17-18-27)41-34(46)33-28-19-22-38(5,6)29(28)24-44(33)35(47)32(26-15-10-8-11-16-26)42-36(48)43-39(20-12-9-13-21-39)25-51(49,50)37(2,3)4/h26-30,32-33,40H,7-25H2,1-6H3,(H,41,46)(H2,42,43,48)/t28-,29-,30?,32-,33-/m0/s1. The first-order valence-electron chi connectivity index (χ1n) is 20.1. The van der Waals surface area contributed by atoms with Crippen molar-refractivity contribution < 1.29 is 27.6 Å². The van der Waals surface area contributed by atoms with Gasteiger partial charge in [-0.3, -0.25) is 14.4 Å². The van der Waals surface area contributed by atoms with Crippen LogP contribution in [0.3, 0.4) is 0 Å². The van der Waals surface area contributed by atoms with E-state index in [-0.39, 0.29) is 53.1 Å². The molecule has 4 aliphatic carbocycles. The summed E-state index contributed by atoms with van der Waals surface area (Å²) in [6, 6.07) is -2.30. The van der Waals surface area contributed by atoms with Crippen molar-refractivity contribution in [2.24, 2.45) is 23.2 Å². The molecule has 1 saturated heterocycles. The Morgan fingerprint density at radius 3 is 2.12 bits per heavy atom. The van der Waals surface area contributed by atoms with E-state index in [1.165, 1.54) is 0 Å². The highest BCUT2D eigenvalue weighted by Crippen LogP contribution is 2.53. The van der Waals surface area contributed by atoms with Gasteiger partial charge in [-0.05, 0) is 102 Å². The molecule has 1 unspecified atom stereocenters. The third kappa shape index (κ3) is 9.48.